The fourth-order valence-corrected chi connectivity index (χ4v) is 3.60. The van der Waals surface area contributed by atoms with Gasteiger partial charge in [0, 0.05) is 32.4 Å². The highest BCUT2D eigenvalue weighted by molar-refractivity contribution is 5.79. The van der Waals surface area contributed by atoms with Gasteiger partial charge in [-0.25, -0.2) is 9.98 Å². The first-order valence-electron chi connectivity index (χ1n) is 11.2. The summed E-state index contributed by atoms with van der Waals surface area (Å²) in [6, 6.07) is 10.2. The van der Waals surface area contributed by atoms with Gasteiger partial charge in [-0.05, 0) is 49.6 Å². The van der Waals surface area contributed by atoms with Gasteiger partial charge in [-0.1, -0.05) is 12.1 Å². The van der Waals surface area contributed by atoms with Crippen LogP contribution in [0.1, 0.15) is 25.0 Å². The molecular formula is C24H35N5O3. The molecule has 8 heteroatoms. The third-order valence-electron chi connectivity index (χ3n) is 5.29. The normalized spacial score (nSPS) is 16.6. The molecule has 0 amide bonds. The van der Waals surface area contributed by atoms with Crippen molar-refractivity contribution < 1.29 is 14.2 Å². The van der Waals surface area contributed by atoms with Crippen molar-refractivity contribution in [3.05, 3.63) is 47.7 Å². The molecule has 174 valence electrons. The first-order chi connectivity index (χ1) is 15.6. The SMILES string of the molecule is CCNC(=NCc1ccc(N2CCOC(C)C2)nc1)NCCc1ccc(OC)c(OC)c1. The van der Waals surface area contributed by atoms with Crippen LogP contribution in [0.2, 0.25) is 0 Å². The number of hydrogen-bond donors (Lipinski definition) is 2. The van der Waals surface area contributed by atoms with E-state index in [9.17, 15) is 0 Å². The van der Waals surface area contributed by atoms with Crippen molar-refractivity contribution in [3.8, 4) is 11.5 Å². The molecule has 1 atom stereocenters. The number of rotatable bonds is 9. The number of nitrogens with one attached hydrogen (secondary N) is 2. The number of anilines is 1. The van der Waals surface area contributed by atoms with Gasteiger partial charge in [0.1, 0.15) is 5.82 Å². The molecule has 1 unspecified atom stereocenters. The van der Waals surface area contributed by atoms with Gasteiger partial charge >= 0.3 is 0 Å². The summed E-state index contributed by atoms with van der Waals surface area (Å²) < 4.78 is 16.3. The minimum absolute atomic E-state index is 0.238. The molecule has 2 N–H and O–H groups in total. The Kier molecular flexibility index (Phi) is 8.98. The summed E-state index contributed by atoms with van der Waals surface area (Å²) >= 11 is 0. The van der Waals surface area contributed by atoms with Crippen molar-refractivity contribution in [3.63, 3.8) is 0 Å². The zero-order valence-electron chi connectivity index (χ0n) is 19.6. The van der Waals surface area contributed by atoms with Crippen LogP contribution >= 0.6 is 0 Å². The number of hydrogen-bond acceptors (Lipinski definition) is 6. The molecule has 2 aromatic rings. The van der Waals surface area contributed by atoms with Crippen LogP contribution in [0.5, 0.6) is 11.5 Å². The van der Waals surface area contributed by atoms with Gasteiger partial charge in [0.15, 0.2) is 17.5 Å². The second kappa shape index (κ2) is 12.1. The number of benzene rings is 1. The van der Waals surface area contributed by atoms with Crippen LogP contribution in [-0.4, -0.2) is 64.1 Å². The largest absolute Gasteiger partial charge is 0.493 e. The lowest BCUT2D eigenvalue weighted by Gasteiger charge is -2.32. The summed E-state index contributed by atoms with van der Waals surface area (Å²) in [5.74, 6) is 3.27. The second-order valence-electron chi connectivity index (χ2n) is 7.71. The number of aromatic nitrogens is 1. The number of nitrogens with zero attached hydrogens (tertiary/aromatic N) is 3. The molecule has 1 aliphatic heterocycles. The Morgan fingerprint density at radius 1 is 1.16 bits per heavy atom. The van der Waals surface area contributed by atoms with Gasteiger partial charge in [0.25, 0.3) is 0 Å². The van der Waals surface area contributed by atoms with E-state index in [1.165, 1.54) is 5.56 Å². The molecule has 0 spiro atoms. The number of aliphatic imine (C=N–C) groups is 1. The molecule has 32 heavy (non-hydrogen) atoms. The van der Waals surface area contributed by atoms with Gasteiger partial charge in [-0.2, -0.15) is 0 Å². The molecule has 0 saturated carbocycles. The average molecular weight is 442 g/mol. The van der Waals surface area contributed by atoms with Crippen LogP contribution < -0.4 is 25.0 Å². The minimum atomic E-state index is 0.238. The third-order valence-corrected chi connectivity index (χ3v) is 5.29. The maximum Gasteiger partial charge on any atom is 0.191 e. The summed E-state index contributed by atoms with van der Waals surface area (Å²) in [6.07, 6.45) is 2.99. The van der Waals surface area contributed by atoms with Gasteiger partial charge < -0.3 is 29.7 Å². The highest BCUT2D eigenvalue weighted by Gasteiger charge is 2.17. The molecule has 2 heterocycles. The highest BCUT2D eigenvalue weighted by Crippen LogP contribution is 2.27. The fourth-order valence-electron chi connectivity index (χ4n) is 3.60. The number of ether oxygens (including phenoxy) is 3. The summed E-state index contributed by atoms with van der Waals surface area (Å²) in [5.41, 5.74) is 2.25. The van der Waals surface area contributed by atoms with Gasteiger partial charge in [0.2, 0.25) is 0 Å². The van der Waals surface area contributed by atoms with Crippen molar-refractivity contribution in [2.24, 2.45) is 4.99 Å². The Balaban J connectivity index is 1.53. The van der Waals surface area contributed by atoms with Crippen LogP contribution in [0.4, 0.5) is 5.82 Å². The van der Waals surface area contributed by atoms with Crippen LogP contribution in [0.25, 0.3) is 0 Å². The molecule has 0 radical (unpaired) electrons. The Labute approximate surface area is 191 Å². The Bertz CT molecular complexity index is 872. The molecule has 3 rings (SSSR count). The van der Waals surface area contributed by atoms with E-state index < -0.39 is 0 Å². The molecule has 0 aliphatic carbocycles. The smallest absolute Gasteiger partial charge is 0.191 e. The summed E-state index contributed by atoms with van der Waals surface area (Å²) in [7, 11) is 3.29. The quantitative estimate of drug-likeness (QED) is 0.457. The van der Waals surface area contributed by atoms with E-state index in [0.29, 0.717) is 6.54 Å². The molecular weight excluding hydrogens is 406 g/mol. The second-order valence-corrected chi connectivity index (χ2v) is 7.71. The molecule has 8 nitrogen and oxygen atoms in total. The lowest BCUT2D eigenvalue weighted by molar-refractivity contribution is 0.0529. The fraction of sp³-hybridized carbons (Fsp3) is 0.500. The van der Waals surface area contributed by atoms with E-state index in [0.717, 1.165) is 68.0 Å². The predicted octanol–water partition coefficient (Wildman–Crippen LogP) is 2.62. The number of guanidine groups is 1. The first kappa shape index (κ1) is 23.7. The minimum Gasteiger partial charge on any atom is -0.493 e. The van der Waals surface area contributed by atoms with Gasteiger partial charge in [-0.3, -0.25) is 0 Å². The number of morpholine rings is 1. The van der Waals surface area contributed by atoms with E-state index in [2.05, 4.69) is 52.6 Å². The lowest BCUT2D eigenvalue weighted by Crippen LogP contribution is -2.41. The number of methoxy groups -OCH3 is 2. The van der Waals surface area contributed by atoms with Crippen molar-refractivity contribution in [2.75, 3.05) is 51.9 Å². The average Bonchev–Trinajstić information content (AvgIpc) is 2.82. The molecule has 1 aromatic heterocycles. The van der Waals surface area contributed by atoms with E-state index in [1.54, 1.807) is 14.2 Å². The van der Waals surface area contributed by atoms with Gasteiger partial charge in [-0.15, -0.1) is 0 Å². The maximum absolute atomic E-state index is 5.61. The topological polar surface area (TPSA) is 80.2 Å². The molecule has 1 fully saturated rings. The van der Waals surface area contributed by atoms with Crippen LogP contribution in [0, 0.1) is 0 Å². The van der Waals surface area contributed by atoms with Crippen molar-refractivity contribution in [1.29, 1.82) is 0 Å². The van der Waals surface area contributed by atoms with Crippen LogP contribution in [-0.2, 0) is 17.7 Å². The molecule has 1 saturated heterocycles. The molecule has 0 bridgehead atoms. The first-order valence-corrected chi connectivity index (χ1v) is 11.2. The van der Waals surface area contributed by atoms with Crippen molar-refractivity contribution >= 4 is 11.8 Å². The molecule has 1 aliphatic rings. The zero-order chi connectivity index (χ0) is 22.8. The Morgan fingerprint density at radius 3 is 2.66 bits per heavy atom. The monoisotopic (exact) mass is 441 g/mol. The van der Waals surface area contributed by atoms with E-state index in [1.807, 2.05) is 18.3 Å². The summed E-state index contributed by atoms with van der Waals surface area (Å²) in [6.45, 7) is 8.78. The maximum atomic E-state index is 5.61. The predicted molar refractivity (Wildman–Crippen MR) is 128 cm³/mol. The van der Waals surface area contributed by atoms with E-state index in [-0.39, 0.29) is 6.10 Å². The van der Waals surface area contributed by atoms with E-state index in [4.69, 9.17) is 19.2 Å². The molecule has 1 aromatic carbocycles. The summed E-state index contributed by atoms with van der Waals surface area (Å²) in [5, 5.41) is 6.70. The van der Waals surface area contributed by atoms with Crippen molar-refractivity contribution in [2.45, 2.75) is 32.9 Å². The number of pyridine rings is 1. The highest BCUT2D eigenvalue weighted by atomic mass is 16.5. The van der Waals surface area contributed by atoms with Crippen LogP contribution in [0.3, 0.4) is 0 Å². The zero-order valence-corrected chi connectivity index (χ0v) is 19.6. The standard InChI is InChI=1S/C24H35N5O3/c1-5-25-24(26-11-10-19-6-8-21(30-3)22(14-19)31-4)28-16-20-7-9-23(27-15-20)29-12-13-32-18(2)17-29/h6-9,14-15,18H,5,10-13,16-17H2,1-4H3,(H2,25,26,28). The third kappa shape index (κ3) is 6.75. The van der Waals surface area contributed by atoms with Crippen molar-refractivity contribution in [1.82, 2.24) is 15.6 Å². The van der Waals surface area contributed by atoms with Crippen LogP contribution in [0.15, 0.2) is 41.5 Å². The van der Waals surface area contributed by atoms with E-state index >= 15 is 0 Å². The Morgan fingerprint density at radius 2 is 1.97 bits per heavy atom. The summed E-state index contributed by atoms with van der Waals surface area (Å²) in [4.78, 5) is 11.6. The lowest BCUT2D eigenvalue weighted by atomic mass is 10.1. The Hall–Kier alpha value is -3.00. The van der Waals surface area contributed by atoms with Gasteiger partial charge in [0.05, 0.1) is 33.5 Å².